The average Bonchev–Trinajstić information content (AvgIpc) is 3.36. The maximum absolute atomic E-state index is 13.6. The third-order valence-electron chi connectivity index (χ3n) is 6.22. The number of amides is 4. The van der Waals surface area contributed by atoms with Gasteiger partial charge < -0.3 is 9.47 Å². The Hall–Kier alpha value is -3.94. The normalized spacial score (nSPS) is 17.4. The summed E-state index contributed by atoms with van der Waals surface area (Å²) in [5.74, 6) is -0.771. The Balaban J connectivity index is 1.68. The van der Waals surface area contributed by atoms with Gasteiger partial charge in [-0.25, -0.2) is 9.18 Å². The molecule has 36 heavy (non-hydrogen) atoms. The lowest BCUT2D eigenvalue weighted by molar-refractivity contribution is -0.131. The Labute approximate surface area is 209 Å². The third-order valence-corrected chi connectivity index (χ3v) is 6.22. The van der Waals surface area contributed by atoms with Gasteiger partial charge in [-0.05, 0) is 67.7 Å². The number of hydrogen-bond acceptors (Lipinski definition) is 5. The minimum Gasteiger partial charge on any atom is -0.490 e. The van der Waals surface area contributed by atoms with Crippen LogP contribution in [0.5, 0.6) is 11.5 Å². The van der Waals surface area contributed by atoms with Crippen molar-refractivity contribution in [2.24, 2.45) is 0 Å². The van der Waals surface area contributed by atoms with Crippen LogP contribution in [0.4, 0.5) is 9.18 Å². The van der Waals surface area contributed by atoms with Gasteiger partial charge in [0.2, 0.25) is 0 Å². The number of urea groups is 1. The number of nitrogens with one attached hydrogen (secondary N) is 1. The number of barbiturate groups is 1. The van der Waals surface area contributed by atoms with Crippen molar-refractivity contribution in [1.29, 1.82) is 0 Å². The van der Waals surface area contributed by atoms with Gasteiger partial charge in [0, 0.05) is 11.6 Å². The number of ether oxygens (including phenoxy) is 2. The van der Waals surface area contributed by atoms with Gasteiger partial charge in [-0.1, -0.05) is 31.1 Å². The van der Waals surface area contributed by atoms with Crippen LogP contribution in [0.2, 0.25) is 0 Å². The monoisotopic (exact) mass is 492 g/mol. The van der Waals surface area contributed by atoms with E-state index in [-0.39, 0.29) is 24.0 Å². The summed E-state index contributed by atoms with van der Waals surface area (Å²) in [6.07, 6.45) is 6.95. The molecule has 2 fully saturated rings. The molecule has 0 aromatic heterocycles. The highest BCUT2D eigenvalue weighted by Gasteiger charge is 2.40. The van der Waals surface area contributed by atoms with E-state index >= 15 is 0 Å². The van der Waals surface area contributed by atoms with Gasteiger partial charge in [0.05, 0.1) is 6.61 Å². The lowest BCUT2D eigenvalue weighted by atomic mass is 10.0. The minimum absolute atomic E-state index is 0.109. The van der Waals surface area contributed by atoms with Gasteiger partial charge in [0.1, 0.15) is 18.0 Å². The highest BCUT2D eigenvalue weighted by molar-refractivity contribution is 6.31. The van der Waals surface area contributed by atoms with E-state index in [1.807, 2.05) is 6.92 Å². The molecule has 0 spiro atoms. The molecule has 1 aliphatic heterocycles. The van der Waals surface area contributed by atoms with Crippen LogP contribution in [-0.2, 0) is 22.6 Å². The molecule has 1 heterocycles. The molecule has 1 saturated carbocycles. The second kappa shape index (κ2) is 11.2. The van der Waals surface area contributed by atoms with E-state index in [4.69, 9.17) is 9.47 Å². The Bertz CT molecular complexity index is 1220. The molecule has 4 amide bonds. The van der Waals surface area contributed by atoms with Crippen LogP contribution in [0.1, 0.15) is 49.3 Å². The molecule has 0 atom stereocenters. The summed E-state index contributed by atoms with van der Waals surface area (Å²) in [5, 5.41) is 2.30. The maximum Gasteiger partial charge on any atom is 0.331 e. The third kappa shape index (κ3) is 5.48. The summed E-state index contributed by atoms with van der Waals surface area (Å²) in [4.78, 5) is 39.4. The molecule has 7 nitrogen and oxygen atoms in total. The molecule has 2 aromatic carbocycles. The van der Waals surface area contributed by atoms with Gasteiger partial charge in [0.25, 0.3) is 11.8 Å². The number of allylic oxidation sites excluding steroid dienone is 1. The Morgan fingerprint density at radius 3 is 2.61 bits per heavy atom. The second-order valence-electron chi connectivity index (χ2n) is 8.78. The van der Waals surface area contributed by atoms with Crippen molar-refractivity contribution >= 4 is 23.9 Å². The molecule has 0 unspecified atom stereocenters. The highest BCUT2D eigenvalue weighted by Crippen LogP contribution is 2.36. The molecule has 1 aliphatic carbocycles. The first-order chi connectivity index (χ1) is 17.4. The van der Waals surface area contributed by atoms with Gasteiger partial charge >= 0.3 is 6.03 Å². The first-order valence-corrected chi connectivity index (χ1v) is 12.1. The van der Waals surface area contributed by atoms with E-state index in [0.29, 0.717) is 35.7 Å². The zero-order valence-electron chi connectivity index (χ0n) is 20.2. The quantitative estimate of drug-likeness (QED) is 0.305. The zero-order valence-corrected chi connectivity index (χ0v) is 20.2. The molecule has 8 heteroatoms. The van der Waals surface area contributed by atoms with Crippen molar-refractivity contribution in [2.75, 3.05) is 6.61 Å². The molecule has 1 N–H and O–H groups in total. The van der Waals surface area contributed by atoms with Crippen molar-refractivity contribution in [3.8, 4) is 11.5 Å². The van der Waals surface area contributed by atoms with Crippen molar-refractivity contribution in [2.45, 2.75) is 51.7 Å². The molecule has 188 valence electrons. The van der Waals surface area contributed by atoms with E-state index in [2.05, 4.69) is 11.9 Å². The second-order valence-corrected chi connectivity index (χ2v) is 8.78. The van der Waals surface area contributed by atoms with Crippen LogP contribution in [0.3, 0.4) is 0 Å². The minimum atomic E-state index is -0.728. The van der Waals surface area contributed by atoms with Crippen LogP contribution in [0.25, 0.3) is 6.08 Å². The Morgan fingerprint density at radius 2 is 1.92 bits per heavy atom. The molecule has 0 radical (unpaired) electrons. The largest absolute Gasteiger partial charge is 0.490 e. The molecule has 4 rings (SSSR count). The highest BCUT2D eigenvalue weighted by atomic mass is 19.1. The number of benzene rings is 2. The predicted molar refractivity (Wildman–Crippen MR) is 133 cm³/mol. The number of nitrogens with zero attached hydrogens (tertiary/aromatic N) is 1. The fourth-order valence-electron chi connectivity index (χ4n) is 4.61. The Morgan fingerprint density at radius 1 is 1.14 bits per heavy atom. The SMILES string of the molecule is C=CCc1cc(/C=C2\C(=O)NC(=O)N(C3CCCC3)C2=O)cc(OCC)c1OCc1cccc(F)c1. The summed E-state index contributed by atoms with van der Waals surface area (Å²) in [6.45, 7) is 6.12. The number of rotatable bonds is 9. The summed E-state index contributed by atoms with van der Waals surface area (Å²) < 4.78 is 25.5. The first-order valence-electron chi connectivity index (χ1n) is 12.1. The molecule has 2 aliphatic rings. The summed E-state index contributed by atoms with van der Waals surface area (Å²) in [5.41, 5.74) is 1.83. The molecule has 2 aromatic rings. The summed E-state index contributed by atoms with van der Waals surface area (Å²) >= 11 is 0. The van der Waals surface area contributed by atoms with Gasteiger partial charge in [-0.3, -0.25) is 19.8 Å². The van der Waals surface area contributed by atoms with Crippen LogP contribution in [0, 0.1) is 5.82 Å². The van der Waals surface area contributed by atoms with Crippen LogP contribution in [0.15, 0.2) is 54.6 Å². The van der Waals surface area contributed by atoms with Gasteiger partial charge in [0.15, 0.2) is 11.5 Å². The predicted octanol–water partition coefficient (Wildman–Crippen LogP) is 4.94. The van der Waals surface area contributed by atoms with E-state index in [1.54, 1.807) is 30.3 Å². The number of carbonyl (C=O) groups excluding carboxylic acids is 3. The summed E-state index contributed by atoms with van der Waals surface area (Å²) in [6, 6.07) is 8.74. The van der Waals surface area contributed by atoms with Crippen LogP contribution >= 0.6 is 0 Å². The van der Waals surface area contributed by atoms with Gasteiger partial charge in [-0.15, -0.1) is 6.58 Å². The fourth-order valence-corrected chi connectivity index (χ4v) is 4.61. The fraction of sp³-hybridized carbons (Fsp3) is 0.321. The molecular formula is C28H29FN2O5. The van der Waals surface area contributed by atoms with Crippen molar-refractivity contribution in [3.05, 3.63) is 77.1 Å². The topological polar surface area (TPSA) is 84.9 Å². The number of halogens is 1. The number of hydrogen-bond donors (Lipinski definition) is 1. The summed E-state index contributed by atoms with van der Waals surface area (Å²) in [7, 11) is 0. The lowest BCUT2D eigenvalue weighted by Gasteiger charge is -2.31. The molecular weight excluding hydrogens is 463 g/mol. The smallest absolute Gasteiger partial charge is 0.331 e. The van der Waals surface area contributed by atoms with E-state index in [1.165, 1.54) is 23.1 Å². The van der Waals surface area contributed by atoms with E-state index in [9.17, 15) is 18.8 Å². The van der Waals surface area contributed by atoms with Crippen molar-refractivity contribution < 1.29 is 28.2 Å². The Kier molecular flexibility index (Phi) is 7.83. The molecule has 1 saturated heterocycles. The standard InChI is InChI=1S/C28H29FN2O5/c1-3-8-20-13-19(15-23-26(32)30-28(34)31(27(23)33)22-11-5-6-12-22)16-24(35-4-2)25(20)36-17-18-9-7-10-21(29)14-18/h3,7,9-10,13-16,22H,1,4-6,8,11-12,17H2,2H3,(H,30,32,34)/b23-15+. The van der Waals surface area contributed by atoms with E-state index < -0.39 is 17.8 Å². The first kappa shape index (κ1) is 25.2. The lowest BCUT2D eigenvalue weighted by Crippen LogP contribution is -2.57. The van der Waals surface area contributed by atoms with Crippen molar-refractivity contribution in [3.63, 3.8) is 0 Å². The average molecular weight is 493 g/mol. The maximum atomic E-state index is 13.6. The van der Waals surface area contributed by atoms with E-state index in [0.717, 1.165) is 31.2 Å². The van der Waals surface area contributed by atoms with Crippen LogP contribution < -0.4 is 14.8 Å². The van der Waals surface area contributed by atoms with Crippen LogP contribution in [-0.4, -0.2) is 35.4 Å². The number of carbonyl (C=O) groups is 3. The molecule has 0 bridgehead atoms. The van der Waals surface area contributed by atoms with Gasteiger partial charge in [-0.2, -0.15) is 0 Å². The number of imide groups is 2. The van der Waals surface area contributed by atoms with Crippen molar-refractivity contribution in [1.82, 2.24) is 10.2 Å². The zero-order chi connectivity index (χ0) is 25.7.